The van der Waals surface area contributed by atoms with E-state index in [9.17, 15) is 19.2 Å². The van der Waals surface area contributed by atoms with E-state index in [-0.39, 0.29) is 25.5 Å². The summed E-state index contributed by atoms with van der Waals surface area (Å²) in [5.74, 6) is -1.51. The number of carbonyl (C=O) groups excluding carboxylic acids is 4. The van der Waals surface area contributed by atoms with E-state index in [1.165, 1.54) is 0 Å². The molecule has 0 aliphatic heterocycles. The molecule has 1 rings (SSSR count). The Morgan fingerprint density at radius 3 is 1.68 bits per heavy atom. The lowest BCUT2D eigenvalue weighted by Crippen LogP contribution is -2.52. The van der Waals surface area contributed by atoms with E-state index in [0.29, 0.717) is 58.2 Å². The van der Waals surface area contributed by atoms with Gasteiger partial charge in [0, 0.05) is 41.3 Å². The molecule has 0 bridgehead atoms. The molecule has 12 heteroatoms. The van der Waals surface area contributed by atoms with Gasteiger partial charge in [-0.3, -0.25) is 29.8 Å². The number of amides is 3. The van der Waals surface area contributed by atoms with Gasteiger partial charge in [0.15, 0.2) is 0 Å². The van der Waals surface area contributed by atoms with Crippen molar-refractivity contribution in [2.75, 3.05) is 26.2 Å². The Labute approximate surface area is 264 Å². The number of rotatable bonds is 26. The van der Waals surface area contributed by atoms with Gasteiger partial charge in [-0.15, -0.1) is 0 Å². The van der Waals surface area contributed by atoms with Gasteiger partial charge in [0.2, 0.25) is 17.7 Å². The fourth-order valence-corrected chi connectivity index (χ4v) is 4.30. The summed E-state index contributed by atoms with van der Waals surface area (Å²) in [7, 11) is 21.7. The van der Waals surface area contributed by atoms with Crippen molar-refractivity contribution in [1.29, 1.82) is 0 Å². The fourth-order valence-electron chi connectivity index (χ4n) is 4.30. The summed E-state index contributed by atoms with van der Waals surface area (Å²) < 4.78 is 5.26. The van der Waals surface area contributed by atoms with E-state index in [0.717, 1.165) is 24.8 Å². The minimum Gasteiger partial charge on any atom is -0.461 e. The molecule has 0 saturated carbocycles. The van der Waals surface area contributed by atoms with E-state index in [2.05, 4.69) is 37.2 Å². The Hall–Kier alpha value is -3.06. The van der Waals surface area contributed by atoms with Gasteiger partial charge >= 0.3 is 5.97 Å². The maximum absolute atomic E-state index is 13.0. The predicted octanol–water partition coefficient (Wildman–Crippen LogP) is 1.12. The fraction of sp³-hybridized carbons (Fsp3) is 0.562. The molecule has 1 aromatic rings. The average molecular weight is 612 g/mol. The van der Waals surface area contributed by atoms with Gasteiger partial charge in [0.05, 0.1) is 18.5 Å². The number of hydrogen-bond acceptors (Lipinski definition) is 9. The van der Waals surface area contributed by atoms with E-state index in [4.69, 9.17) is 32.9 Å². The van der Waals surface area contributed by atoms with Crippen molar-refractivity contribution in [3.63, 3.8) is 0 Å². The first-order valence-electron chi connectivity index (χ1n) is 15.2. The third-order valence-corrected chi connectivity index (χ3v) is 6.89. The molecule has 0 aromatic heterocycles. The van der Waals surface area contributed by atoms with Crippen molar-refractivity contribution >= 4 is 23.7 Å². The molecule has 0 fully saturated rings. The Balaban J connectivity index is 2.60. The average Bonchev–Trinajstić information content (AvgIpc) is 3.03. The third-order valence-electron chi connectivity index (χ3n) is 6.89. The van der Waals surface area contributed by atoms with E-state index in [1.54, 1.807) is 0 Å². The maximum Gasteiger partial charge on any atom is 0.307 e. The van der Waals surface area contributed by atoms with Crippen LogP contribution in [0.2, 0.25) is 0 Å². The Morgan fingerprint density at radius 1 is 0.614 bits per heavy atom. The molecule has 3 amide bonds. The van der Waals surface area contributed by atoms with Crippen molar-refractivity contribution in [2.24, 2.45) is 0 Å². The summed E-state index contributed by atoms with van der Waals surface area (Å²) in [6.07, 6.45) is 5.44. The molecule has 12 nitrogen and oxygen atoms in total. The number of benzene rings is 1. The summed E-state index contributed by atoms with van der Waals surface area (Å²) in [5, 5.41) is 18.5. The lowest BCUT2D eigenvalue weighted by molar-refractivity contribution is -0.145. The van der Waals surface area contributed by atoms with Crippen molar-refractivity contribution < 1.29 is 23.9 Å². The molecule has 1 aromatic carbocycles. The zero-order valence-electron chi connectivity index (χ0n) is 25.6. The summed E-state index contributed by atoms with van der Waals surface area (Å²) in [6.45, 7) is 1.82. The van der Waals surface area contributed by atoms with Gasteiger partial charge < -0.3 is 31.3 Å². The quantitative estimate of drug-likeness (QED) is 0.0463. The second-order valence-corrected chi connectivity index (χ2v) is 10.4. The van der Waals surface area contributed by atoms with Crippen molar-refractivity contribution in [3.05, 3.63) is 64.1 Å². The van der Waals surface area contributed by atoms with Crippen molar-refractivity contribution in [2.45, 2.75) is 88.9 Å². The monoisotopic (exact) mass is 611 g/mol. The van der Waals surface area contributed by atoms with Crippen LogP contribution < -0.4 is 37.2 Å². The second-order valence-electron chi connectivity index (χ2n) is 10.4. The van der Waals surface area contributed by atoms with Crippen LogP contribution in [0.1, 0.15) is 69.8 Å². The molecule has 8 radical (unpaired) electrons. The Kier molecular flexibility index (Phi) is 22.4. The van der Waals surface area contributed by atoms with Gasteiger partial charge in [0.1, 0.15) is 12.6 Å². The van der Waals surface area contributed by atoms with Gasteiger partial charge in [-0.25, -0.2) is 0 Å². The minimum atomic E-state index is -0.866. The third kappa shape index (κ3) is 17.9. The number of hydrogen-bond donors (Lipinski definition) is 7. The van der Waals surface area contributed by atoms with Crippen LogP contribution in [0.5, 0.6) is 0 Å². The highest BCUT2D eigenvalue weighted by atomic mass is 16.5. The molecule has 0 aliphatic rings. The predicted molar refractivity (Wildman–Crippen MR) is 167 cm³/mol. The lowest BCUT2D eigenvalue weighted by atomic mass is 10.1. The summed E-state index contributed by atoms with van der Waals surface area (Å²) in [6, 6.07) is 7.19. The molecule has 7 N–H and O–H groups in total. The number of unbranched alkanes of at least 4 members (excludes halogenated alkanes) is 3. The largest absolute Gasteiger partial charge is 0.461 e. The highest BCUT2D eigenvalue weighted by Crippen LogP contribution is 2.07. The van der Waals surface area contributed by atoms with Gasteiger partial charge in [-0.05, 0) is 63.6 Å². The molecule has 0 unspecified atom stereocenters. The summed E-state index contributed by atoms with van der Waals surface area (Å²) in [5.41, 5.74) is 0.862. The van der Waals surface area contributed by atoms with E-state index < -0.39 is 35.9 Å². The highest BCUT2D eigenvalue weighted by molar-refractivity contribution is 5.90. The summed E-state index contributed by atoms with van der Waals surface area (Å²) in [4.78, 5) is 50.6. The first-order valence-corrected chi connectivity index (χ1v) is 15.2. The maximum atomic E-state index is 13.0. The molecule has 44 heavy (non-hydrogen) atoms. The number of nitrogens with one attached hydrogen (secondary N) is 7. The first-order chi connectivity index (χ1) is 21.4. The zero-order valence-corrected chi connectivity index (χ0v) is 25.6. The first kappa shape index (κ1) is 39.0. The second kappa shape index (κ2) is 25.3. The normalized spacial score (nSPS) is 13.0. The molecule has 0 aliphatic carbocycles. The van der Waals surface area contributed by atoms with Crippen molar-refractivity contribution in [3.8, 4) is 0 Å². The van der Waals surface area contributed by atoms with Gasteiger partial charge in [0.25, 0.3) is 0 Å². The van der Waals surface area contributed by atoms with Crippen molar-refractivity contribution in [1.82, 2.24) is 37.2 Å². The molecule has 0 spiro atoms. The highest BCUT2D eigenvalue weighted by Gasteiger charge is 2.25. The standard InChI is InChI=1S/C32H49N7O5/c1-33-20-11-8-16-26(35-3)30(41)37-22-13-10-18-28(39-32(43)27(36-4)17-9-12-21-34-2)31(42)38-23-19-29(40)44-24-25-14-6-5-7-15-25/h1-7,14-15,26-28,33-36H,8-13,16-24H2,(H,37,41)(H,38,42)(H,39,43)/t26-,27-,28-/m0/s1. The van der Waals surface area contributed by atoms with E-state index in [1.807, 2.05) is 30.3 Å². The molecule has 3 atom stereocenters. The van der Waals surface area contributed by atoms with Crippen LogP contribution in [-0.2, 0) is 30.5 Å². The Bertz CT molecular complexity index is 935. The van der Waals surface area contributed by atoms with Crippen LogP contribution in [0.15, 0.2) is 30.3 Å². The van der Waals surface area contributed by atoms with E-state index >= 15 is 0 Å². The van der Waals surface area contributed by atoms with Gasteiger partial charge in [-0.1, -0.05) is 43.2 Å². The molecular weight excluding hydrogens is 562 g/mol. The van der Waals surface area contributed by atoms with Crippen LogP contribution in [-0.4, -0.2) is 68.0 Å². The number of ether oxygens (including phenoxy) is 1. The number of carbonyl (C=O) groups is 4. The molecule has 0 heterocycles. The Morgan fingerprint density at radius 2 is 1.11 bits per heavy atom. The van der Waals surface area contributed by atoms with Crippen LogP contribution in [0.3, 0.4) is 0 Å². The molecule has 242 valence electrons. The minimum absolute atomic E-state index is 0.0213. The van der Waals surface area contributed by atoms with Gasteiger partial charge in [-0.2, -0.15) is 0 Å². The van der Waals surface area contributed by atoms with Crippen LogP contribution in [0.25, 0.3) is 0 Å². The van der Waals surface area contributed by atoms with Crippen LogP contribution >= 0.6 is 0 Å². The summed E-state index contributed by atoms with van der Waals surface area (Å²) >= 11 is 0. The lowest BCUT2D eigenvalue weighted by Gasteiger charge is -2.22. The SMILES string of the molecule is [CH]NCCCC[C@H](N[CH])C(=O)NCCCC[C@H](NC(=O)[C@H](CCCCN[CH])N[CH])C(=O)NCCC(=O)OCc1ccccc1. The molecule has 0 saturated heterocycles. The smallest absolute Gasteiger partial charge is 0.307 e. The zero-order chi connectivity index (χ0) is 32.4. The van der Waals surface area contributed by atoms with Crippen LogP contribution in [0.4, 0.5) is 0 Å². The van der Waals surface area contributed by atoms with Crippen LogP contribution in [0, 0.1) is 28.2 Å². The topological polar surface area (TPSA) is 162 Å². The number of esters is 1. The molecular formula is C32H49N7O5.